The van der Waals surface area contributed by atoms with Crippen LogP contribution >= 0.6 is 11.3 Å². The number of hydrogen-bond donors (Lipinski definition) is 0. The smallest absolute Gasteiger partial charge is 0.228 e. The summed E-state index contributed by atoms with van der Waals surface area (Å²) in [6, 6.07) is 12.7. The predicted octanol–water partition coefficient (Wildman–Crippen LogP) is 3.17. The van der Waals surface area contributed by atoms with Crippen LogP contribution in [0.5, 0.6) is 0 Å². The van der Waals surface area contributed by atoms with E-state index in [1.807, 2.05) is 6.07 Å². The zero-order chi connectivity index (χ0) is 12.9. The molecule has 2 aliphatic rings. The first kappa shape index (κ1) is 11.2. The average Bonchev–Trinajstić information content (AvgIpc) is 3.06. The lowest BCUT2D eigenvalue weighted by atomic mass is 9.78. The molecule has 2 aromatic rings. The Balaban J connectivity index is 2.00. The van der Waals surface area contributed by atoms with Crippen LogP contribution in [0.2, 0.25) is 0 Å². The van der Waals surface area contributed by atoms with Crippen LogP contribution in [0.1, 0.15) is 28.8 Å². The van der Waals surface area contributed by atoms with E-state index in [1.54, 1.807) is 11.3 Å². The quantitative estimate of drug-likeness (QED) is 0.778. The zero-order valence-electron chi connectivity index (χ0n) is 10.6. The fraction of sp³-hybridized carbons (Fsp3) is 0.312. The Kier molecular flexibility index (Phi) is 2.33. The second kappa shape index (κ2) is 3.94. The number of amides is 1. The van der Waals surface area contributed by atoms with E-state index in [2.05, 4.69) is 40.6 Å². The van der Waals surface area contributed by atoms with Gasteiger partial charge in [-0.1, -0.05) is 30.3 Å². The molecule has 0 spiro atoms. The van der Waals surface area contributed by atoms with Crippen molar-refractivity contribution in [3.05, 3.63) is 57.8 Å². The Hall–Kier alpha value is -1.61. The van der Waals surface area contributed by atoms with Crippen molar-refractivity contribution < 1.29 is 4.79 Å². The van der Waals surface area contributed by atoms with E-state index >= 15 is 0 Å². The SMILES string of the molecule is O=C1Cc2sccc2C2(c3ccccc3)CCCN12. The lowest BCUT2D eigenvalue weighted by Gasteiger charge is -2.43. The van der Waals surface area contributed by atoms with Crippen LogP contribution in [0.4, 0.5) is 0 Å². The zero-order valence-corrected chi connectivity index (χ0v) is 11.5. The van der Waals surface area contributed by atoms with Gasteiger partial charge in [0.05, 0.1) is 12.0 Å². The van der Waals surface area contributed by atoms with Crippen LogP contribution in [0.3, 0.4) is 0 Å². The number of fused-ring (bicyclic) bond motifs is 3. The molecular weight excluding hydrogens is 254 g/mol. The van der Waals surface area contributed by atoms with Gasteiger partial charge in [-0.15, -0.1) is 11.3 Å². The summed E-state index contributed by atoms with van der Waals surface area (Å²) >= 11 is 1.72. The van der Waals surface area contributed by atoms with Gasteiger partial charge in [0.1, 0.15) is 0 Å². The highest BCUT2D eigenvalue weighted by molar-refractivity contribution is 7.10. The Morgan fingerprint density at radius 1 is 1.16 bits per heavy atom. The fourth-order valence-electron chi connectivity index (χ4n) is 3.68. The van der Waals surface area contributed by atoms with Crippen molar-refractivity contribution in [1.29, 1.82) is 0 Å². The van der Waals surface area contributed by atoms with Crippen molar-refractivity contribution in [1.82, 2.24) is 4.90 Å². The maximum atomic E-state index is 12.4. The molecule has 0 aliphatic carbocycles. The fourth-order valence-corrected chi connectivity index (χ4v) is 4.62. The van der Waals surface area contributed by atoms with Crippen molar-refractivity contribution >= 4 is 17.2 Å². The number of benzene rings is 1. The molecule has 1 atom stereocenters. The summed E-state index contributed by atoms with van der Waals surface area (Å²) in [5.41, 5.74) is 2.44. The highest BCUT2D eigenvalue weighted by Crippen LogP contribution is 2.49. The highest BCUT2D eigenvalue weighted by Gasteiger charge is 2.50. The lowest BCUT2D eigenvalue weighted by Crippen LogP contribution is -2.49. The summed E-state index contributed by atoms with van der Waals surface area (Å²) in [6.45, 7) is 0.892. The molecule has 96 valence electrons. The number of carbonyl (C=O) groups is 1. The molecule has 4 rings (SSSR count). The van der Waals surface area contributed by atoms with E-state index in [1.165, 1.54) is 16.0 Å². The molecule has 1 saturated heterocycles. The van der Waals surface area contributed by atoms with Gasteiger partial charge in [0.25, 0.3) is 0 Å². The van der Waals surface area contributed by atoms with Gasteiger partial charge in [-0.2, -0.15) is 0 Å². The lowest BCUT2D eigenvalue weighted by molar-refractivity contribution is -0.134. The summed E-state index contributed by atoms with van der Waals surface area (Å²) in [7, 11) is 0. The van der Waals surface area contributed by atoms with Gasteiger partial charge >= 0.3 is 0 Å². The molecule has 0 bridgehead atoms. The third-order valence-electron chi connectivity index (χ3n) is 4.44. The number of thiophene rings is 1. The van der Waals surface area contributed by atoms with E-state index in [9.17, 15) is 4.79 Å². The minimum absolute atomic E-state index is 0.189. The molecule has 1 amide bonds. The molecule has 3 heteroatoms. The molecule has 19 heavy (non-hydrogen) atoms. The van der Waals surface area contributed by atoms with Gasteiger partial charge in [0.15, 0.2) is 0 Å². The molecule has 0 N–H and O–H groups in total. The molecule has 1 aromatic carbocycles. The van der Waals surface area contributed by atoms with Crippen LogP contribution in [0.25, 0.3) is 0 Å². The van der Waals surface area contributed by atoms with Crippen molar-refractivity contribution in [2.75, 3.05) is 6.54 Å². The molecule has 2 nitrogen and oxygen atoms in total. The first-order valence-corrected chi connectivity index (χ1v) is 7.63. The minimum Gasteiger partial charge on any atom is -0.328 e. The molecular formula is C16H15NOS. The van der Waals surface area contributed by atoms with E-state index in [4.69, 9.17) is 0 Å². The van der Waals surface area contributed by atoms with Crippen LogP contribution in [0, 0.1) is 0 Å². The average molecular weight is 269 g/mol. The second-order valence-electron chi connectivity index (χ2n) is 5.31. The Labute approximate surface area is 116 Å². The topological polar surface area (TPSA) is 20.3 Å². The number of rotatable bonds is 1. The van der Waals surface area contributed by atoms with Gasteiger partial charge in [0.2, 0.25) is 5.91 Å². The van der Waals surface area contributed by atoms with Gasteiger partial charge in [-0.25, -0.2) is 0 Å². The summed E-state index contributed by atoms with van der Waals surface area (Å²) in [5, 5.41) is 2.13. The molecule has 2 aliphatic heterocycles. The number of hydrogen-bond acceptors (Lipinski definition) is 2. The van der Waals surface area contributed by atoms with Crippen molar-refractivity contribution in [3.8, 4) is 0 Å². The molecule has 1 fully saturated rings. The summed E-state index contributed by atoms with van der Waals surface area (Å²) in [6.07, 6.45) is 2.73. The summed E-state index contributed by atoms with van der Waals surface area (Å²) < 4.78 is 0. The Morgan fingerprint density at radius 2 is 2.00 bits per heavy atom. The standard InChI is InChI=1S/C16H15NOS/c18-15-11-14-13(7-10-19-14)16(8-4-9-17(15)16)12-5-2-1-3-6-12/h1-3,5-7,10H,4,8-9,11H2. The second-order valence-corrected chi connectivity index (χ2v) is 6.31. The molecule has 0 radical (unpaired) electrons. The third kappa shape index (κ3) is 1.39. The highest BCUT2D eigenvalue weighted by atomic mass is 32.1. The van der Waals surface area contributed by atoms with E-state index in [0.717, 1.165) is 19.4 Å². The number of carbonyl (C=O) groups excluding carboxylic acids is 1. The maximum absolute atomic E-state index is 12.4. The Bertz CT molecular complexity index is 633. The van der Waals surface area contributed by atoms with Crippen molar-refractivity contribution in [2.24, 2.45) is 0 Å². The van der Waals surface area contributed by atoms with Gasteiger partial charge < -0.3 is 4.90 Å². The van der Waals surface area contributed by atoms with Gasteiger partial charge in [0, 0.05) is 11.4 Å². The normalized spacial score (nSPS) is 25.3. The van der Waals surface area contributed by atoms with Crippen molar-refractivity contribution in [3.63, 3.8) is 0 Å². The largest absolute Gasteiger partial charge is 0.328 e. The summed E-state index contributed by atoms with van der Waals surface area (Å²) in [4.78, 5) is 15.8. The minimum atomic E-state index is -0.189. The molecule has 0 saturated carbocycles. The van der Waals surface area contributed by atoms with Gasteiger partial charge in [-0.3, -0.25) is 4.79 Å². The maximum Gasteiger partial charge on any atom is 0.228 e. The van der Waals surface area contributed by atoms with Crippen LogP contribution in [-0.4, -0.2) is 17.4 Å². The first-order chi connectivity index (χ1) is 9.32. The van der Waals surface area contributed by atoms with Crippen molar-refractivity contribution in [2.45, 2.75) is 24.8 Å². The molecule has 3 heterocycles. The van der Waals surface area contributed by atoms with Crippen LogP contribution in [0.15, 0.2) is 41.8 Å². The van der Waals surface area contributed by atoms with E-state index < -0.39 is 0 Å². The van der Waals surface area contributed by atoms with Crippen LogP contribution < -0.4 is 0 Å². The number of nitrogens with zero attached hydrogens (tertiary/aromatic N) is 1. The summed E-state index contributed by atoms with van der Waals surface area (Å²) in [5.74, 6) is 0.288. The van der Waals surface area contributed by atoms with E-state index in [-0.39, 0.29) is 11.4 Å². The van der Waals surface area contributed by atoms with Gasteiger partial charge in [-0.05, 0) is 35.4 Å². The predicted molar refractivity (Wildman–Crippen MR) is 76.2 cm³/mol. The van der Waals surface area contributed by atoms with E-state index in [0.29, 0.717) is 6.42 Å². The Morgan fingerprint density at radius 3 is 2.84 bits per heavy atom. The van der Waals surface area contributed by atoms with Crippen LogP contribution in [-0.2, 0) is 16.8 Å². The molecule has 1 aromatic heterocycles. The monoisotopic (exact) mass is 269 g/mol. The molecule has 1 unspecified atom stereocenters. The third-order valence-corrected chi connectivity index (χ3v) is 5.36. The first-order valence-electron chi connectivity index (χ1n) is 6.75.